The highest BCUT2D eigenvalue weighted by Gasteiger charge is 2.31. The van der Waals surface area contributed by atoms with Crippen LogP contribution in [0.2, 0.25) is 0 Å². The number of carbonyl (C=O) groups excluding carboxylic acids is 2. The zero-order valence-electron chi connectivity index (χ0n) is 16.8. The Labute approximate surface area is 179 Å². The van der Waals surface area contributed by atoms with E-state index in [4.69, 9.17) is 10.5 Å². The van der Waals surface area contributed by atoms with Crippen LogP contribution in [0.25, 0.3) is 11.1 Å². The molecule has 0 aliphatic rings. The van der Waals surface area contributed by atoms with Crippen LogP contribution in [0.15, 0.2) is 42.7 Å². The zero-order chi connectivity index (χ0) is 23.5. The fourth-order valence-corrected chi connectivity index (χ4v) is 2.56. The minimum Gasteiger partial charge on any atom is -0.424 e. The van der Waals surface area contributed by atoms with Crippen LogP contribution in [0.1, 0.15) is 29.9 Å². The topological polar surface area (TPSA) is 133 Å². The molecule has 0 radical (unpaired) electrons. The highest BCUT2D eigenvalue weighted by atomic mass is 19.4. The second-order valence-corrected chi connectivity index (χ2v) is 6.70. The quantitative estimate of drug-likeness (QED) is 0.565. The lowest BCUT2D eigenvalue weighted by atomic mass is 10.0. The molecule has 0 aliphatic carbocycles. The van der Waals surface area contributed by atoms with E-state index in [0.717, 1.165) is 18.2 Å². The summed E-state index contributed by atoms with van der Waals surface area (Å²) in [5, 5.41) is 10.1. The number of hydrogen-bond acceptors (Lipinski definition) is 8. The van der Waals surface area contributed by atoms with E-state index in [9.17, 15) is 22.8 Å². The number of aromatic nitrogens is 4. The number of amides is 1. The number of Topliss-reactive ketones (excluding diaryl/α,β-unsaturated/α-hetero) is 1. The highest BCUT2D eigenvalue weighted by Crippen LogP contribution is 2.38. The maximum absolute atomic E-state index is 13.2. The number of ketones is 1. The Kier molecular flexibility index (Phi) is 6.32. The Morgan fingerprint density at radius 3 is 2.47 bits per heavy atom. The van der Waals surface area contributed by atoms with E-state index < -0.39 is 23.7 Å². The van der Waals surface area contributed by atoms with Crippen molar-refractivity contribution >= 4 is 17.5 Å². The molecule has 1 aromatic carbocycles. The first kappa shape index (κ1) is 22.6. The van der Waals surface area contributed by atoms with Gasteiger partial charge in [0.25, 0.3) is 5.91 Å². The lowest BCUT2D eigenvalue weighted by Crippen LogP contribution is -2.24. The molecule has 0 saturated heterocycles. The molecule has 0 fully saturated rings. The Hall–Kier alpha value is -4.09. The minimum atomic E-state index is -4.59. The number of nitrogens with two attached hydrogens (primary N) is 1. The normalized spacial score (nSPS) is 12.2. The van der Waals surface area contributed by atoms with Crippen molar-refractivity contribution in [3.8, 4) is 22.9 Å². The molecule has 32 heavy (non-hydrogen) atoms. The summed E-state index contributed by atoms with van der Waals surface area (Å²) in [5.74, 6) is -1.03. The van der Waals surface area contributed by atoms with Crippen LogP contribution in [-0.4, -0.2) is 37.9 Å². The number of ether oxygens (including phenoxy) is 1. The maximum Gasteiger partial charge on any atom is 0.416 e. The van der Waals surface area contributed by atoms with Gasteiger partial charge in [-0.15, -0.1) is 0 Å². The van der Waals surface area contributed by atoms with Gasteiger partial charge in [-0.25, -0.2) is 0 Å². The molecule has 0 aliphatic heterocycles. The second-order valence-electron chi connectivity index (χ2n) is 6.70. The molecule has 2 aromatic heterocycles. The Morgan fingerprint density at radius 2 is 1.88 bits per heavy atom. The van der Waals surface area contributed by atoms with Gasteiger partial charge in [-0.3, -0.25) is 9.59 Å². The first-order chi connectivity index (χ1) is 15.0. The van der Waals surface area contributed by atoms with Gasteiger partial charge < -0.3 is 15.8 Å². The number of alkyl halides is 3. The first-order valence-corrected chi connectivity index (χ1v) is 9.16. The van der Waals surface area contributed by atoms with Crippen molar-refractivity contribution in [3.63, 3.8) is 0 Å². The SMILES string of the molecule is CC(=O)[C@H](C)Nc1cc(C(N)=O)nc(Oc2ccc(C(F)(F)F)cc2-c2ccnnc2)n1. The van der Waals surface area contributed by atoms with Gasteiger partial charge in [0.15, 0.2) is 5.78 Å². The molecule has 3 aromatic rings. The molecule has 0 unspecified atom stereocenters. The van der Waals surface area contributed by atoms with Crippen LogP contribution in [0.3, 0.4) is 0 Å². The number of halogens is 3. The molecule has 0 bridgehead atoms. The molecule has 3 rings (SSSR count). The van der Waals surface area contributed by atoms with Crippen LogP contribution >= 0.6 is 0 Å². The van der Waals surface area contributed by atoms with Crippen LogP contribution in [0, 0.1) is 0 Å². The van der Waals surface area contributed by atoms with Gasteiger partial charge in [-0.2, -0.15) is 33.3 Å². The molecule has 3 N–H and O–H groups in total. The van der Waals surface area contributed by atoms with Gasteiger partial charge in [0.1, 0.15) is 17.3 Å². The number of rotatable bonds is 7. The first-order valence-electron chi connectivity index (χ1n) is 9.16. The summed E-state index contributed by atoms with van der Waals surface area (Å²) in [6.45, 7) is 2.95. The van der Waals surface area contributed by atoms with E-state index in [-0.39, 0.29) is 34.6 Å². The van der Waals surface area contributed by atoms with E-state index in [1.54, 1.807) is 6.92 Å². The molecule has 12 heteroatoms. The van der Waals surface area contributed by atoms with Crippen molar-refractivity contribution in [3.05, 3.63) is 54.0 Å². The predicted molar refractivity (Wildman–Crippen MR) is 107 cm³/mol. The van der Waals surface area contributed by atoms with E-state index in [1.165, 1.54) is 31.5 Å². The molecule has 1 atom stereocenters. The summed E-state index contributed by atoms with van der Waals surface area (Å²) in [6.07, 6.45) is -2.00. The van der Waals surface area contributed by atoms with Crippen LogP contribution in [-0.2, 0) is 11.0 Å². The van der Waals surface area contributed by atoms with Crippen molar-refractivity contribution in [2.45, 2.75) is 26.1 Å². The largest absolute Gasteiger partial charge is 0.424 e. The smallest absolute Gasteiger partial charge is 0.416 e. The average molecular weight is 446 g/mol. The minimum absolute atomic E-state index is 0.0295. The van der Waals surface area contributed by atoms with Gasteiger partial charge in [-0.05, 0) is 38.1 Å². The standard InChI is InChI=1S/C20H17F3N6O3/c1-10(11(2)30)27-17-8-15(18(24)31)28-19(29-17)32-16-4-3-13(20(21,22)23)7-14(16)12-5-6-25-26-9-12/h3-10H,1-2H3,(H2,24,31)(H,27,28,29)/t10-/m0/s1. The molecular formula is C20H17F3N6O3. The van der Waals surface area contributed by atoms with Crippen molar-refractivity contribution in [1.82, 2.24) is 20.2 Å². The summed E-state index contributed by atoms with van der Waals surface area (Å²) in [5.41, 5.74) is 4.54. The third-order valence-corrected chi connectivity index (χ3v) is 4.34. The lowest BCUT2D eigenvalue weighted by molar-refractivity contribution is -0.137. The Bertz CT molecular complexity index is 1160. The van der Waals surface area contributed by atoms with E-state index in [1.807, 2.05) is 0 Å². The average Bonchev–Trinajstić information content (AvgIpc) is 2.73. The molecule has 1 amide bonds. The van der Waals surface area contributed by atoms with E-state index in [2.05, 4.69) is 25.5 Å². The number of primary amides is 1. The monoisotopic (exact) mass is 446 g/mol. The Balaban J connectivity index is 2.06. The van der Waals surface area contributed by atoms with E-state index in [0.29, 0.717) is 5.56 Å². The highest BCUT2D eigenvalue weighted by molar-refractivity contribution is 5.92. The van der Waals surface area contributed by atoms with Crippen molar-refractivity contribution in [2.24, 2.45) is 5.73 Å². The fourth-order valence-electron chi connectivity index (χ4n) is 2.56. The molecular weight excluding hydrogens is 429 g/mol. The third kappa shape index (κ3) is 5.33. The summed E-state index contributed by atoms with van der Waals surface area (Å²) < 4.78 is 45.4. The third-order valence-electron chi connectivity index (χ3n) is 4.34. The van der Waals surface area contributed by atoms with Crippen LogP contribution in [0.5, 0.6) is 11.8 Å². The van der Waals surface area contributed by atoms with Gasteiger partial charge in [0.2, 0.25) is 0 Å². The van der Waals surface area contributed by atoms with Crippen molar-refractivity contribution in [1.29, 1.82) is 0 Å². The van der Waals surface area contributed by atoms with Crippen LogP contribution < -0.4 is 15.8 Å². The number of anilines is 1. The molecule has 9 nitrogen and oxygen atoms in total. The van der Waals surface area contributed by atoms with Gasteiger partial charge >= 0.3 is 12.2 Å². The number of hydrogen-bond donors (Lipinski definition) is 2. The molecule has 0 spiro atoms. The Morgan fingerprint density at radius 1 is 1.12 bits per heavy atom. The number of carbonyl (C=O) groups is 2. The molecule has 2 heterocycles. The number of benzene rings is 1. The van der Waals surface area contributed by atoms with Gasteiger partial charge in [0, 0.05) is 17.2 Å². The van der Waals surface area contributed by atoms with Crippen molar-refractivity contribution < 1.29 is 27.5 Å². The summed E-state index contributed by atoms with van der Waals surface area (Å²) >= 11 is 0. The zero-order valence-corrected chi connectivity index (χ0v) is 16.8. The molecule has 0 saturated carbocycles. The summed E-state index contributed by atoms with van der Waals surface area (Å²) in [4.78, 5) is 31.2. The maximum atomic E-state index is 13.2. The number of nitrogens with one attached hydrogen (secondary N) is 1. The fraction of sp³-hybridized carbons (Fsp3) is 0.200. The summed E-state index contributed by atoms with van der Waals surface area (Å²) in [7, 11) is 0. The van der Waals surface area contributed by atoms with E-state index >= 15 is 0 Å². The van der Waals surface area contributed by atoms with Crippen molar-refractivity contribution in [2.75, 3.05) is 5.32 Å². The molecule has 166 valence electrons. The summed E-state index contributed by atoms with van der Waals surface area (Å²) in [6, 6.07) is 4.52. The van der Waals surface area contributed by atoms with Crippen LogP contribution in [0.4, 0.5) is 19.0 Å². The van der Waals surface area contributed by atoms with Gasteiger partial charge in [0.05, 0.1) is 24.0 Å². The predicted octanol–water partition coefficient (Wildman–Crippen LogP) is 3.23. The lowest BCUT2D eigenvalue weighted by Gasteiger charge is -2.15. The van der Waals surface area contributed by atoms with Gasteiger partial charge in [-0.1, -0.05) is 0 Å². The number of nitrogens with zero attached hydrogens (tertiary/aromatic N) is 4. The second kappa shape index (κ2) is 8.96.